The normalized spacial score (nSPS) is 16.4. The Kier molecular flexibility index (Phi) is 9.00. The predicted molar refractivity (Wildman–Crippen MR) is 63.9 cm³/mol. The number of hydrogen-bond donors (Lipinski definition) is 0. The summed E-state index contributed by atoms with van der Waals surface area (Å²) >= 11 is 0. The fourth-order valence-corrected chi connectivity index (χ4v) is 5.77. The molecule has 0 fully saturated rings. The summed E-state index contributed by atoms with van der Waals surface area (Å²) in [7, 11) is 0. The van der Waals surface area contributed by atoms with Gasteiger partial charge in [-0.1, -0.05) is 0 Å². The molecule has 2 nitrogen and oxygen atoms in total. The molecule has 0 N–H and O–H groups in total. The molecule has 0 saturated heterocycles. The number of alkyl halides is 15. The third-order valence-electron chi connectivity index (χ3n) is 3.53. The largest absolute Gasteiger partial charge is 1.00 e. The number of nitriles is 2. The van der Waals surface area contributed by atoms with Crippen LogP contribution in [0, 0.1) is 22.7 Å². The van der Waals surface area contributed by atoms with Gasteiger partial charge in [-0.25, -0.2) is 0 Å². The van der Waals surface area contributed by atoms with Crippen molar-refractivity contribution < 1.29 is 96.6 Å². The molecule has 0 unspecified atom stereocenters. The molecule has 21 heteroatoms. The SMILES string of the molecule is CC#N.N#CC[P-](F)(F)(C(F)(F)C(F)(F)F)(C(F)(F)C(F)(F)F)C(F)(F)C(F)(F)F.[Ag+]. The van der Waals surface area contributed by atoms with E-state index in [1.807, 2.05) is 0 Å². The van der Waals surface area contributed by atoms with Gasteiger partial charge in [-0.2, -0.15) is 5.26 Å². The molecule has 0 heterocycles. The minimum atomic E-state index is -13.9. The van der Waals surface area contributed by atoms with E-state index in [1.54, 1.807) is 6.07 Å². The van der Waals surface area contributed by atoms with Crippen molar-refractivity contribution in [3.8, 4) is 12.1 Å². The van der Waals surface area contributed by atoms with Crippen molar-refractivity contribution in [1.82, 2.24) is 0 Å². The van der Waals surface area contributed by atoms with Gasteiger partial charge < -0.3 is 0 Å². The first-order chi connectivity index (χ1) is 12.6. The Bertz CT molecular complexity index is 673. The Labute approximate surface area is 175 Å². The summed E-state index contributed by atoms with van der Waals surface area (Å²) in [6.07, 6.45) is -30.5. The third-order valence-corrected chi connectivity index (χ3v) is 9.29. The van der Waals surface area contributed by atoms with Gasteiger partial charge in [0.1, 0.15) is 0 Å². The molecule has 0 aliphatic rings. The molecule has 190 valence electrons. The minimum Gasteiger partial charge on any atom is 1.00 e. The summed E-state index contributed by atoms with van der Waals surface area (Å²) in [5.74, 6) is 0. The van der Waals surface area contributed by atoms with Gasteiger partial charge in [-0.15, -0.1) is 0 Å². The first-order valence-electron chi connectivity index (χ1n) is 6.21. The van der Waals surface area contributed by atoms with Gasteiger partial charge in [0, 0.05) is 6.92 Å². The van der Waals surface area contributed by atoms with Crippen LogP contribution in [-0.2, 0) is 22.4 Å². The van der Waals surface area contributed by atoms with Crippen molar-refractivity contribution in [2.24, 2.45) is 0 Å². The molecule has 0 aliphatic carbocycles. The maximum Gasteiger partial charge on any atom is 1.00 e. The molecule has 0 amide bonds. The van der Waals surface area contributed by atoms with Crippen LogP contribution in [0.25, 0.3) is 0 Å². The van der Waals surface area contributed by atoms with Crippen LogP contribution in [-0.4, -0.2) is 41.7 Å². The molecule has 0 radical (unpaired) electrons. The first-order valence-corrected chi connectivity index (χ1v) is 8.86. The van der Waals surface area contributed by atoms with E-state index in [-0.39, 0.29) is 22.4 Å². The van der Waals surface area contributed by atoms with Crippen molar-refractivity contribution >= 4 is 6.57 Å². The smallest absolute Gasteiger partial charge is 1.00 e. The average Bonchev–Trinajstić information content (AvgIpc) is 2.44. The van der Waals surface area contributed by atoms with Crippen molar-refractivity contribution in [2.75, 3.05) is 6.16 Å². The quantitative estimate of drug-likeness (QED) is 0.189. The number of nitrogens with zero attached hydrogens (tertiary/aromatic N) is 2. The van der Waals surface area contributed by atoms with E-state index >= 15 is 0 Å². The molecule has 0 rings (SSSR count). The Morgan fingerprint density at radius 3 is 0.839 bits per heavy atom. The van der Waals surface area contributed by atoms with Crippen LogP contribution < -0.4 is 0 Å². The van der Waals surface area contributed by atoms with E-state index in [1.165, 1.54) is 6.92 Å². The van der Waals surface area contributed by atoms with Crippen LogP contribution in [0.1, 0.15) is 6.92 Å². The van der Waals surface area contributed by atoms with Crippen LogP contribution >= 0.6 is 6.57 Å². The van der Waals surface area contributed by atoms with Gasteiger partial charge in [-0.3, -0.25) is 0 Å². The standard InChI is InChI=1S/C8H2F17NP.C2H3N.Ag/c9-3(10,11)6(18,19)27(24,25,2-1-26,7(20,21)4(12,13)14)8(22,23)5(15,16)17;1-2-3;/h2H2;1H3;/q-1;;+1. The molecule has 0 aliphatic heterocycles. The van der Waals surface area contributed by atoms with Crippen LogP contribution in [0.2, 0.25) is 0 Å². The van der Waals surface area contributed by atoms with Crippen LogP contribution in [0.5, 0.6) is 0 Å². The number of halogens is 17. The molecule has 0 aromatic carbocycles. The second-order valence-electron chi connectivity index (χ2n) is 5.28. The second-order valence-corrected chi connectivity index (χ2v) is 10.5. The first kappa shape index (κ1) is 34.6. The predicted octanol–water partition coefficient (Wildman–Crippen LogP) is 7.36. The molecule has 0 saturated carbocycles. The van der Waals surface area contributed by atoms with Gasteiger partial charge >= 0.3 is 156 Å². The molecular weight excluding hydrogens is 610 g/mol. The second kappa shape index (κ2) is 8.07. The van der Waals surface area contributed by atoms with E-state index in [4.69, 9.17) is 10.5 Å². The monoisotopic (exact) mass is 614 g/mol. The summed E-state index contributed by atoms with van der Waals surface area (Å²) in [5, 5.41) is 15.1. The van der Waals surface area contributed by atoms with E-state index in [0.29, 0.717) is 0 Å². The van der Waals surface area contributed by atoms with Crippen LogP contribution in [0.4, 0.5) is 74.3 Å². The van der Waals surface area contributed by atoms with Crippen molar-refractivity contribution in [1.29, 1.82) is 10.5 Å². The van der Waals surface area contributed by atoms with Crippen molar-refractivity contribution in [3.05, 3.63) is 0 Å². The fraction of sp³-hybridized carbons (Fsp3) is 0.800. The van der Waals surface area contributed by atoms with Gasteiger partial charge in [0.25, 0.3) is 0 Å². The summed E-state index contributed by atoms with van der Waals surface area (Å²) < 4.78 is 220. The topological polar surface area (TPSA) is 47.6 Å². The number of hydrogen-bond acceptors (Lipinski definition) is 2. The van der Waals surface area contributed by atoms with E-state index in [2.05, 4.69) is 0 Å². The Morgan fingerprint density at radius 2 is 0.742 bits per heavy atom. The molecule has 31 heavy (non-hydrogen) atoms. The van der Waals surface area contributed by atoms with Crippen molar-refractivity contribution in [3.63, 3.8) is 0 Å². The third kappa shape index (κ3) is 3.55. The molecule has 0 spiro atoms. The van der Waals surface area contributed by atoms with Crippen LogP contribution in [0.15, 0.2) is 0 Å². The van der Waals surface area contributed by atoms with E-state index in [9.17, 15) is 74.3 Å². The zero-order valence-corrected chi connectivity index (χ0v) is 16.2. The van der Waals surface area contributed by atoms with Crippen molar-refractivity contribution in [2.45, 2.75) is 42.4 Å². The zero-order valence-electron chi connectivity index (χ0n) is 13.8. The zero-order chi connectivity index (χ0) is 25.5. The summed E-state index contributed by atoms with van der Waals surface area (Å²) in [6, 6.07) is 0.845. The summed E-state index contributed by atoms with van der Waals surface area (Å²) in [6.45, 7) is -12.5. The Morgan fingerprint density at radius 1 is 0.581 bits per heavy atom. The summed E-state index contributed by atoms with van der Waals surface area (Å²) in [5.41, 5.74) is -27.9. The molecule has 0 aromatic rings. The fourth-order valence-electron chi connectivity index (χ4n) is 1.92. The summed E-state index contributed by atoms with van der Waals surface area (Å²) in [4.78, 5) is 0. The molecular formula is C10H5AgF17N2P. The average molecular weight is 615 g/mol. The van der Waals surface area contributed by atoms with E-state index in [0.717, 1.165) is 0 Å². The molecule has 0 aromatic heterocycles. The van der Waals surface area contributed by atoms with Gasteiger partial charge in [0.15, 0.2) is 0 Å². The maximum absolute atomic E-state index is 14.5. The molecule has 0 bridgehead atoms. The Hall–Kier alpha value is -1.04. The molecule has 0 atom stereocenters. The van der Waals surface area contributed by atoms with Gasteiger partial charge in [-0.05, 0) is 0 Å². The minimum absolute atomic E-state index is 0. The van der Waals surface area contributed by atoms with E-state index < -0.39 is 54.3 Å². The Balaban J connectivity index is -0.00000184. The van der Waals surface area contributed by atoms with Gasteiger partial charge in [0.05, 0.1) is 6.07 Å². The number of rotatable bonds is 4. The van der Waals surface area contributed by atoms with Gasteiger partial charge in [0.2, 0.25) is 0 Å². The maximum atomic E-state index is 14.5. The van der Waals surface area contributed by atoms with Crippen LogP contribution in [0.3, 0.4) is 0 Å².